The monoisotopic (exact) mass is 306 g/mol. The zero-order valence-corrected chi connectivity index (χ0v) is 13.3. The summed E-state index contributed by atoms with van der Waals surface area (Å²) in [6.07, 6.45) is 1.97. The maximum Gasteiger partial charge on any atom is 0.274 e. The summed E-state index contributed by atoms with van der Waals surface area (Å²) in [5.74, 6) is -0.504. The second-order valence-corrected chi connectivity index (χ2v) is 6.51. The Labute approximate surface area is 129 Å². The van der Waals surface area contributed by atoms with Crippen LogP contribution in [0, 0.1) is 0 Å². The molecule has 7 nitrogen and oxygen atoms in total. The molecule has 0 radical (unpaired) electrons. The standard InChI is InChI=1S/C15H22N4O3/c1-15(2,3)16-12(20)10-19-13(21)7-6-11(17-19)14(22)18-8-4-5-9-18/h6-7H,4-5,8-10H2,1-3H3,(H,16,20). The predicted molar refractivity (Wildman–Crippen MR) is 81.5 cm³/mol. The van der Waals surface area contributed by atoms with Crippen LogP contribution in [0.25, 0.3) is 0 Å². The van der Waals surface area contributed by atoms with Crippen molar-refractivity contribution in [3.63, 3.8) is 0 Å². The van der Waals surface area contributed by atoms with E-state index in [2.05, 4.69) is 10.4 Å². The third-order valence-corrected chi connectivity index (χ3v) is 3.29. The molecule has 1 aliphatic rings. The molecule has 0 aromatic carbocycles. The van der Waals surface area contributed by atoms with Gasteiger partial charge in [0.2, 0.25) is 5.91 Å². The molecule has 22 heavy (non-hydrogen) atoms. The van der Waals surface area contributed by atoms with Crippen molar-refractivity contribution < 1.29 is 9.59 Å². The summed E-state index contributed by atoms with van der Waals surface area (Å²) in [6.45, 7) is 6.79. The average molecular weight is 306 g/mol. The Morgan fingerprint density at radius 2 is 1.86 bits per heavy atom. The van der Waals surface area contributed by atoms with Crippen LogP contribution < -0.4 is 10.9 Å². The van der Waals surface area contributed by atoms with Gasteiger partial charge in [0.25, 0.3) is 11.5 Å². The van der Waals surface area contributed by atoms with E-state index in [1.807, 2.05) is 20.8 Å². The topological polar surface area (TPSA) is 84.3 Å². The first-order valence-corrected chi connectivity index (χ1v) is 7.45. The number of hydrogen-bond donors (Lipinski definition) is 1. The summed E-state index contributed by atoms with van der Waals surface area (Å²) < 4.78 is 1.03. The molecular weight excluding hydrogens is 284 g/mol. The smallest absolute Gasteiger partial charge is 0.274 e. The van der Waals surface area contributed by atoms with Crippen LogP contribution in [0.1, 0.15) is 44.1 Å². The Kier molecular flexibility index (Phi) is 4.63. The minimum Gasteiger partial charge on any atom is -0.350 e. The Bertz CT molecular complexity index is 624. The largest absolute Gasteiger partial charge is 0.350 e. The molecule has 0 atom stereocenters. The highest BCUT2D eigenvalue weighted by Gasteiger charge is 2.22. The van der Waals surface area contributed by atoms with Crippen molar-refractivity contribution in [2.75, 3.05) is 13.1 Å². The normalized spacial score (nSPS) is 15.0. The first-order chi connectivity index (χ1) is 10.3. The molecule has 0 spiro atoms. The Morgan fingerprint density at radius 3 is 2.45 bits per heavy atom. The van der Waals surface area contributed by atoms with Crippen LogP contribution in [0.2, 0.25) is 0 Å². The van der Waals surface area contributed by atoms with Crippen molar-refractivity contribution in [2.24, 2.45) is 0 Å². The number of aromatic nitrogens is 2. The number of carbonyl (C=O) groups excluding carboxylic acids is 2. The fraction of sp³-hybridized carbons (Fsp3) is 0.600. The highest BCUT2D eigenvalue weighted by molar-refractivity contribution is 5.92. The fourth-order valence-electron chi connectivity index (χ4n) is 2.35. The first-order valence-electron chi connectivity index (χ1n) is 7.45. The number of likely N-dealkylation sites (tertiary alicyclic amines) is 1. The van der Waals surface area contributed by atoms with Crippen LogP contribution in [0.5, 0.6) is 0 Å². The fourth-order valence-corrected chi connectivity index (χ4v) is 2.35. The van der Waals surface area contributed by atoms with Gasteiger partial charge in [-0.3, -0.25) is 14.4 Å². The predicted octanol–water partition coefficient (Wildman–Crippen LogP) is 0.394. The molecule has 2 amide bonds. The maximum atomic E-state index is 12.3. The molecule has 1 aromatic heterocycles. The van der Waals surface area contributed by atoms with Gasteiger partial charge in [-0.25, -0.2) is 4.68 Å². The van der Waals surface area contributed by atoms with Crippen LogP contribution in [0.4, 0.5) is 0 Å². The molecule has 7 heteroatoms. The molecule has 0 aliphatic carbocycles. The highest BCUT2D eigenvalue weighted by Crippen LogP contribution is 2.10. The SMILES string of the molecule is CC(C)(C)NC(=O)Cn1nc(C(=O)N2CCCC2)ccc1=O. The molecule has 120 valence electrons. The number of amides is 2. The van der Waals surface area contributed by atoms with E-state index in [1.165, 1.54) is 12.1 Å². The van der Waals surface area contributed by atoms with E-state index in [1.54, 1.807) is 4.90 Å². The van der Waals surface area contributed by atoms with Gasteiger partial charge in [0.05, 0.1) is 0 Å². The zero-order valence-electron chi connectivity index (χ0n) is 13.3. The third kappa shape index (κ3) is 4.16. The van der Waals surface area contributed by atoms with E-state index in [0.29, 0.717) is 13.1 Å². The van der Waals surface area contributed by atoms with Crippen molar-refractivity contribution >= 4 is 11.8 Å². The van der Waals surface area contributed by atoms with Crippen LogP contribution >= 0.6 is 0 Å². The lowest BCUT2D eigenvalue weighted by Gasteiger charge is -2.20. The van der Waals surface area contributed by atoms with Crippen LogP contribution in [-0.4, -0.2) is 45.1 Å². The summed E-state index contributed by atoms with van der Waals surface area (Å²) in [6, 6.07) is 2.70. The van der Waals surface area contributed by atoms with Gasteiger partial charge in [0.15, 0.2) is 0 Å². The van der Waals surface area contributed by atoms with Gasteiger partial charge < -0.3 is 10.2 Å². The number of rotatable bonds is 3. The van der Waals surface area contributed by atoms with Crippen LogP contribution in [-0.2, 0) is 11.3 Å². The second kappa shape index (κ2) is 6.29. The number of carbonyl (C=O) groups is 2. The summed E-state index contributed by atoms with van der Waals surface area (Å²) in [5, 5.41) is 6.80. The van der Waals surface area contributed by atoms with Crippen molar-refractivity contribution in [1.29, 1.82) is 0 Å². The maximum absolute atomic E-state index is 12.3. The van der Waals surface area contributed by atoms with E-state index in [-0.39, 0.29) is 29.6 Å². The molecule has 0 unspecified atom stereocenters. The van der Waals surface area contributed by atoms with E-state index >= 15 is 0 Å². The van der Waals surface area contributed by atoms with E-state index in [9.17, 15) is 14.4 Å². The lowest BCUT2D eigenvalue weighted by atomic mass is 10.1. The number of nitrogens with zero attached hydrogens (tertiary/aromatic N) is 3. The molecule has 1 aliphatic heterocycles. The zero-order chi connectivity index (χ0) is 16.3. The number of hydrogen-bond acceptors (Lipinski definition) is 4. The summed E-state index contributed by atoms with van der Waals surface area (Å²) in [5.41, 5.74) is -0.587. The quantitative estimate of drug-likeness (QED) is 0.876. The summed E-state index contributed by atoms with van der Waals surface area (Å²) in [4.78, 5) is 37.7. The summed E-state index contributed by atoms with van der Waals surface area (Å²) in [7, 11) is 0. The van der Waals surface area contributed by atoms with Gasteiger partial charge in [-0.05, 0) is 39.7 Å². The van der Waals surface area contributed by atoms with E-state index in [0.717, 1.165) is 17.5 Å². The molecule has 1 N–H and O–H groups in total. The van der Waals surface area contributed by atoms with Crippen LogP contribution in [0.15, 0.2) is 16.9 Å². The first kappa shape index (κ1) is 16.2. The minimum atomic E-state index is -0.401. The van der Waals surface area contributed by atoms with E-state index in [4.69, 9.17) is 0 Å². The second-order valence-electron chi connectivity index (χ2n) is 6.51. The molecule has 0 bridgehead atoms. The summed E-state index contributed by atoms with van der Waals surface area (Å²) >= 11 is 0. The molecule has 0 saturated carbocycles. The van der Waals surface area contributed by atoms with Gasteiger partial charge in [0, 0.05) is 24.7 Å². The van der Waals surface area contributed by atoms with Crippen LogP contribution in [0.3, 0.4) is 0 Å². The van der Waals surface area contributed by atoms with Gasteiger partial charge in [-0.1, -0.05) is 0 Å². The lowest BCUT2D eigenvalue weighted by molar-refractivity contribution is -0.123. The average Bonchev–Trinajstić information content (AvgIpc) is 2.92. The minimum absolute atomic E-state index is 0.192. The molecule has 2 heterocycles. The van der Waals surface area contributed by atoms with Crippen molar-refractivity contribution in [2.45, 2.75) is 45.7 Å². The van der Waals surface area contributed by atoms with E-state index < -0.39 is 5.56 Å². The van der Waals surface area contributed by atoms with Crippen molar-refractivity contribution in [3.05, 3.63) is 28.2 Å². The van der Waals surface area contributed by atoms with Gasteiger partial charge in [0.1, 0.15) is 12.2 Å². The van der Waals surface area contributed by atoms with Gasteiger partial charge in [-0.15, -0.1) is 0 Å². The molecular formula is C15H22N4O3. The van der Waals surface area contributed by atoms with Gasteiger partial charge in [-0.2, -0.15) is 5.10 Å². The Morgan fingerprint density at radius 1 is 1.23 bits per heavy atom. The van der Waals surface area contributed by atoms with Gasteiger partial charge >= 0.3 is 0 Å². The molecule has 1 fully saturated rings. The Balaban J connectivity index is 2.14. The number of nitrogens with one attached hydrogen (secondary N) is 1. The van der Waals surface area contributed by atoms with Crippen molar-refractivity contribution in [1.82, 2.24) is 20.0 Å². The lowest BCUT2D eigenvalue weighted by Crippen LogP contribution is -2.44. The molecule has 2 rings (SSSR count). The third-order valence-electron chi connectivity index (χ3n) is 3.29. The van der Waals surface area contributed by atoms with Crippen molar-refractivity contribution in [3.8, 4) is 0 Å². The Hall–Kier alpha value is -2.18. The molecule has 1 aromatic rings. The molecule has 1 saturated heterocycles. The highest BCUT2D eigenvalue weighted by atomic mass is 16.2.